The summed E-state index contributed by atoms with van der Waals surface area (Å²) in [4.78, 5) is 2.58. The Hall–Kier alpha value is -0.540. The predicted molar refractivity (Wildman–Crippen MR) is 93.9 cm³/mol. The summed E-state index contributed by atoms with van der Waals surface area (Å²) < 4.78 is 1.25. The maximum Gasteiger partial charge on any atom is 0.0510 e. The van der Waals surface area contributed by atoms with Crippen LogP contribution in [0.3, 0.4) is 0 Å². The van der Waals surface area contributed by atoms with Gasteiger partial charge in [-0.1, -0.05) is 25.3 Å². The monoisotopic (exact) mass is 350 g/mol. The van der Waals surface area contributed by atoms with Gasteiger partial charge in [0.1, 0.15) is 0 Å². The van der Waals surface area contributed by atoms with E-state index in [0.717, 1.165) is 6.54 Å². The van der Waals surface area contributed by atoms with Gasteiger partial charge >= 0.3 is 0 Å². The number of anilines is 1. The van der Waals surface area contributed by atoms with Crippen molar-refractivity contribution in [2.24, 2.45) is 5.41 Å². The van der Waals surface area contributed by atoms with Gasteiger partial charge in [0.05, 0.1) is 5.69 Å². The van der Waals surface area contributed by atoms with Crippen LogP contribution in [0.4, 0.5) is 5.69 Å². The standard InChI is InChI=1S/C18H27BrN2/c1-20-14-15-5-6-17(16(19)13-15)21-11-9-18(10-12-21)7-3-2-4-8-18/h5-6,13,20H,2-4,7-12,14H2,1H3. The van der Waals surface area contributed by atoms with Crippen molar-refractivity contribution in [1.29, 1.82) is 0 Å². The van der Waals surface area contributed by atoms with Crippen molar-refractivity contribution in [2.75, 3.05) is 25.0 Å². The molecule has 2 nitrogen and oxygen atoms in total. The summed E-state index contributed by atoms with van der Waals surface area (Å²) in [5.74, 6) is 0. The minimum atomic E-state index is 0.688. The Labute approximate surface area is 137 Å². The molecule has 1 aromatic carbocycles. The van der Waals surface area contributed by atoms with Gasteiger partial charge in [0.2, 0.25) is 0 Å². The van der Waals surface area contributed by atoms with Crippen LogP contribution in [-0.4, -0.2) is 20.1 Å². The van der Waals surface area contributed by atoms with Gasteiger partial charge in [-0.2, -0.15) is 0 Å². The van der Waals surface area contributed by atoms with Crippen LogP contribution in [0.25, 0.3) is 0 Å². The molecule has 1 heterocycles. The highest BCUT2D eigenvalue weighted by Gasteiger charge is 2.35. The van der Waals surface area contributed by atoms with E-state index in [4.69, 9.17) is 0 Å². The number of hydrogen-bond acceptors (Lipinski definition) is 2. The normalized spacial score (nSPS) is 21.7. The average Bonchev–Trinajstić information content (AvgIpc) is 2.50. The number of halogens is 1. The van der Waals surface area contributed by atoms with Gasteiger partial charge in [0.15, 0.2) is 0 Å². The van der Waals surface area contributed by atoms with E-state index in [1.807, 2.05) is 7.05 Å². The Bertz CT molecular complexity index is 470. The molecule has 1 aliphatic heterocycles. The van der Waals surface area contributed by atoms with Crippen molar-refractivity contribution in [3.63, 3.8) is 0 Å². The van der Waals surface area contributed by atoms with Gasteiger partial charge in [-0.3, -0.25) is 0 Å². The molecule has 2 fully saturated rings. The summed E-state index contributed by atoms with van der Waals surface area (Å²) in [5, 5.41) is 3.21. The Morgan fingerprint density at radius 2 is 1.81 bits per heavy atom. The number of nitrogens with zero attached hydrogens (tertiary/aromatic N) is 1. The first-order valence-electron chi connectivity index (χ1n) is 8.40. The lowest BCUT2D eigenvalue weighted by atomic mass is 9.68. The third-order valence-corrected chi connectivity index (χ3v) is 6.11. The highest BCUT2D eigenvalue weighted by Crippen LogP contribution is 2.45. The van der Waals surface area contributed by atoms with Crippen LogP contribution < -0.4 is 10.2 Å². The number of nitrogens with one attached hydrogen (secondary N) is 1. The van der Waals surface area contributed by atoms with Crippen molar-refractivity contribution in [3.05, 3.63) is 28.2 Å². The zero-order valence-electron chi connectivity index (χ0n) is 13.1. The number of piperidine rings is 1. The molecule has 1 aromatic rings. The SMILES string of the molecule is CNCc1ccc(N2CCC3(CCCCC3)CC2)c(Br)c1. The summed E-state index contributed by atoms with van der Waals surface area (Å²) in [6.45, 7) is 3.38. The first kappa shape index (κ1) is 15.4. The fourth-order valence-corrected chi connectivity index (χ4v) is 4.82. The van der Waals surface area contributed by atoms with Crippen molar-refractivity contribution in [3.8, 4) is 0 Å². The smallest absolute Gasteiger partial charge is 0.0510 e. The van der Waals surface area contributed by atoms with Crippen LogP contribution in [0.1, 0.15) is 50.5 Å². The molecule has 116 valence electrons. The summed E-state index contributed by atoms with van der Waals surface area (Å²) in [7, 11) is 2.00. The second kappa shape index (κ2) is 6.70. The van der Waals surface area contributed by atoms with E-state index >= 15 is 0 Å². The number of rotatable bonds is 3. The second-order valence-corrected chi connectivity index (χ2v) is 7.72. The van der Waals surface area contributed by atoms with Gasteiger partial charge in [-0.05, 0) is 71.8 Å². The second-order valence-electron chi connectivity index (χ2n) is 6.86. The zero-order valence-corrected chi connectivity index (χ0v) is 14.7. The van der Waals surface area contributed by atoms with Crippen molar-refractivity contribution in [1.82, 2.24) is 5.32 Å². The Morgan fingerprint density at radius 3 is 2.43 bits per heavy atom. The van der Waals surface area contributed by atoms with E-state index in [2.05, 4.69) is 44.3 Å². The molecule has 2 aliphatic rings. The Balaban J connectivity index is 1.66. The van der Waals surface area contributed by atoms with Gasteiger partial charge in [-0.15, -0.1) is 0 Å². The molecule has 21 heavy (non-hydrogen) atoms. The lowest BCUT2D eigenvalue weighted by Gasteiger charge is -2.45. The fourth-order valence-electron chi connectivity index (χ4n) is 4.14. The molecule has 0 radical (unpaired) electrons. The maximum atomic E-state index is 3.77. The molecule has 0 atom stereocenters. The van der Waals surface area contributed by atoms with Crippen LogP contribution >= 0.6 is 15.9 Å². The molecular weight excluding hydrogens is 324 g/mol. The van der Waals surface area contributed by atoms with Gasteiger partial charge in [0, 0.05) is 24.1 Å². The minimum Gasteiger partial charge on any atom is -0.371 e. The minimum absolute atomic E-state index is 0.688. The van der Waals surface area contributed by atoms with Crippen molar-refractivity contribution < 1.29 is 0 Å². The third kappa shape index (κ3) is 3.45. The van der Waals surface area contributed by atoms with Crippen LogP contribution in [0.5, 0.6) is 0 Å². The molecule has 1 saturated heterocycles. The molecule has 0 unspecified atom stereocenters. The maximum absolute atomic E-state index is 3.77. The quantitative estimate of drug-likeness (QED) is 0.848. The van der Waals surface area contributed by atoms with E-state index < -0.39 is 0 Å². The Morgan fingerprint density at radius 1 is 1.10 bits per heavy atom. The molecule has 1 spiro atoms. The van der Waals surface area contributed by atoms with Crippen LogP contribution in [0, 0.1) is 5.41 Å². The molecule has 0 aromatic heterocycles. The lowest BCUT2D eigenvalue weighted by molar-refractivity contribution is 0.144. The molecule has 0 amide bonds. The number of benzene rings is 1. The summed E-state index contributed by atoms with van der Waals surface area (Å²) in [5.41, 5.74) is 3.40. The van der Waals surface area contributed by atoms with Crippen molar-refractivity contribution in [2.45, 2.75) is 51.5 Å². The fraction of sp³-hybridized carbons (Fsp3) is 0.667. The first-order chi connectivity index (χ1) is 10.2. The Kier molecular flexibility index (Phi) is 4.90. The van der Waals surface area contributed by atoms with Gasteiger partial charge in [-0.25, -0.2) is 0 Å². The lowest BCUT2D eigenvalue weighted by Crippen LogP contribution is -2.41. The van der Waals surface area contributed by atoms with E-state index in [9.17, 15) is 0 Å². The largest absolute Gasteiger partial charge is 0.371 e. The molecule has 1 N–H and O–H groups in total. The van der Waals surface area contributed by atoms with E-state index in [1.165, 1.54) is 73.8 Å². The first-order valence-corrected chi connectivity index (χ1v) is 9.20. The molecule has 3 heteroatoms. The topological polar surface area (TPSA) is 15.3 Å². The van der Waals surface area contributed by atoms with Crippen molar-refractivity contribution >= 4 is 21.6 Å². The molecular formula is C18H27BrN2. The highest BCUT2D eigenvalue weighted by molar-refractivity contribution is 9.10. The van der Waals surface area contributed by atoms with E-state index in [-0.39, 0.29) is 0 Å². The summed E-state index contributed by atoms with van der Waals surface area (Å²) in [6, 6.07) is 6.80. The molecule has 1 saturated carbocycles. The molecule has 1 aliphatic carbocycles. The third-order valence-electron chi connectivity index (χ3n) is 5.47. The van der Waals surface area contributed by atoms with Gasteiger partial charge in [0.25, 0.3) is 0 Å². The molecule has 3 rings (SSSR count). The van der Waals surface area contributed by atoms with Gasteiger partial charge < -0.3 is 10.2 Å². The van der Waals surface area contributed by atoms with Crippen LogP contribution in [0.2, 0.25) is 0 Å². The van der Waals surface area contributed by atoms with Crippen LogP contribution in [-0.2, 0) is 6.54 Å². The average molecular weight is 351 g/mol. The van der Waals surface area contributed by atoms with E-state index in [1.54, 1.807) is 0 Å². The summed E-state index contributed by atoms with van der Waals surface area (Å²) in [6.07, 6.45) is 10.1. The highest BCUT2D eigenvalue weighted by atomic mass is 79.9. The zero-order chi connectivity index (χ0) is 14.7. The van der Waals surface area contributed by atoms with E-state index in [0.29, 0.717) is 5.41 Å². The predicted octanol–water partition coefficient (Wildman–Crippen LogP) is 4.72. The number of hydrogen-bond donors (Lipinski definition) is 1. The molecule has 0 bridgehead atoms. The summed E-state index contributed by atoms with van der Waals surface area (Å²) >= 11 is 3.77. The van der Waals surface area contributed by atoms with Crippen LogP contribution in [0.15, 0.2) is 22.7 Å².